The van der Waals surface area contributed by atoms with E-state index in [1.54, 1.807) is 12.1 Å². The van der Waals surface area contributed by atoms with Crippen molar-refractivity contribution in [3.05, 3.63) is 17.7 Å². The predicted molar refractivity (Wildman–Crippen MR) is 89.1 cm³/mol. The predicted octanol–water partition coefficient (Wildman–Crippen LogP) is 1.88. The van der Waals surface area contributed by atoms with Crippen molar-refractivity contribution in [2.75, 3.05) is 31.8 Å². The van der Waals surface area contributed by atoms with Crippen molar-refractivity contribution in [3.63, 3.8) is 0 Å². The first-order chi connectivity index (χ1) is 10.8. The summed E-state index contributed by atoms with van der Waals surface area (Å²) in [6.07, 6.45) is 1.07. The molecule has 0 aromatic heterocycles. The number of rotatable bonds is 6. The number of ether oxygens (including phenoxy) is 3. The van der Waals surface area contributed by atoms with E-state index in [-0.39, 0.29) is 17.5 Å². The SMILES string of the molecule is COc1ccc(C2=N[C@H](C(C)C)CO2)c(NS(C)(=O)=O)c1OC. The fourth-order valence-electron chi connectivity index (χ4n) is 2.27. The summed E-state index contributed by atoms with van der Waals surface area (Å²) in [6, 6.07) is 3.44. The molecular weight excluding hydrogens is 320 g/mol. The van der Waals surface area contributed by atoms with Crippen LogP contribution in [0.15, 0.2) is 17.1 Å². The van der Waals surface area contributed by atoms with Crippen LogP contribution in [0.25, 0.3) is 0 Å². The lowest BCUT2D eigenvalue weighted by atomic mass is 10.1. The van der Waals surface area contributed by atoms with Gasteiger partial charge in [-0.2, -0.15) is 0 Å². The molecule has 0 amide bonds. The van der Waals surface area contributed by atoms with Crippen LogP contribution >= 0.6 is 0 Å². The highest BCUT2D eigenvalue weighted by molar-refractivity contribution is 7.92. The molecule has 1 aliphatic heterocycles. The van der Waals surface area contributed by atoms with Gasteiger partial charge in [0.05, 0.1) is 32.1 Å². The topological polar surface area (TPSA) is 86.2 Å². The maximum absolute atomic E-state index is 11.7. The van der Waals surface area contributed by atoms with Crippen molar-refractivity contribution < 1.29 is 22.6 Å². The Bertz CT molecular complexity index is 713. The third-order valence-electron chi connectivity index (χ3n) is 3.51. The number of anilines is 1. The molecule has 1 heterocycles. The van der Waals surface area contributed by atoms with E-state index < -0.39 is 10.0 Å². The molecule has 1 aliphatic rings. The lowest BCUT2D eigenvalue weighted by Crippen LogP contribution is -2.15. The number of hydrogen-bond acceptors (Lipinski definition) is 6. The zero-order chi connectivity index (χ0) is 17.2. The molecule has 0 aliphatic carbocycles. The number of nitrogens with zero attached hydrogens (tertiary/aromatic N) is 1. The number of hydrogen-bond donors (Lipinski definition) is 1. The Kier molecular flexibility index (Phi) is 5.03. The molecule has 0 radical (unpaired) electrons. The van der Waals surface area contributed by atoms with Crippen LogP contribution < -0.4 is 14.2 Å². The van der Waals surface area contributed by atoms with E-state index in [0.29, 0.717) is 29.7 Å². The van der Waals surface area contributed by atoms with Gasteiger partial charge in [0.1, 0.15) is 12.3 Å². The van der Waals surface area contributed by atoms with Gasteiger partial charge in [-0.05, 0) is 18.1 Å². The summed E-state index contributed by atoms with van der Waals surface area (Å²) in [7, 11) is -0.579. The van der Waals surface area contributed by atoms with E-state index in [9.17, 15) is 8.42 Å². The van der Waals surface area contributed by atoms with E-state index in [4.69, 9.17) is 14.2 Å². The maximum Gasteiger partial charge on any atom is 0.229 e. The molecule has 1 aromatic carbocycles. The van der Waals surface area contributed by atoms with Crippen molar-refractivity contribution in [3.8, 4) is 11.5 Å². The Morgan fingerprint density at radius 3 is 2.48 bits per heavy atom. The largest absolute Gasteiger partial charge is 0.493 e. The van der Waals surface area contributed by atoms with E-state index in [1.807, 2.05) is 0 Å². The molecule has 0 fully saturated rings. The molecule has 7 nitrogen and oxygen atoms in total. The van der Waals surface area contributed by atoms with Gasteiger partial charge in [-0.15, -0.1) is 0 Å². The Morgan fingerprint density at radius 2 is 2.00 bits per heavy atom. The molecule has 0 bridgehead atoms. The second-order valence-corrected chi connectivity index (χ2v) is 7.40. The Morgan fingerprint density at radius 1 is 1.30 bits per heavy atom. The summed E-state index contributed by atoms with van der Waals surface area (Å²) < 4.78 is 42.1. The van der Waals surface area contributed by atoms with E-state index >= 15 is 0 Å². The molecule has 0 unspecified atom stereocenters. The average Bonchev–Trinajstić information content (AvgIpc) is 2.94. The van der Waals surface area contributed by atoms with E-state index in [0.717, 1.165) is 6.26 Å². The van der Waals surface area contributed by atoms with Gasteiger partial charge >= 0.3 is 0 Å². The van der Waals surface area contributed by atoms with Gasteiger partial charge in [0.15, 0.2) is 11.5 Å². The summed E-state index contributed by atoms with van der Waals surface area (Å²) >= 11 is 0. The number of sulfonamides is 1. The normalized spacial score (nSPS) is 17.7. The maximum atomic E-state index is 11.7. The highest BCUT2D eigenvalue weighted by atomic mass is 32.2. The summed E-state index contributed by atoms with van der Waals surface area (Å²) in [5.74, 6) is 1.44. The third kappa shape index (κ3) is 3.87. The van der Waals surface area contributed by atoms with Gasteiger partial charge < -0.3 is 14.2 Å². The van der Waals surface area contributed by atoms with Crippen LogP contribution in [0.2, 0.25) is 0 Å². The fraction of sp³-hybridized carbons (Fsp3) is 0.533. The second-order valence-electron chi connectivity index (χ2n) is 5.65. The molecule has 128 valence electrons. The number of benzene rings is 1. The summed E-state index contributed by atoms with van der Waals surface area (Å²) in [6.45, 7) is 4.59. The molecule has 1 N–H and O–H groups in total. The highest BCUT2D eigenvalue weighted by Gasteiger charge is 2.27. The minimum Gasteiger partial charge on any atom is -0.493 e. The van der Waals surface area contributed by atoms with Crippen LogP contribution in [-0.4, -0.2) is 47.4 Å². The quantitative estimate of drug-likeness (QED) is 0.853. The van der Waals surface area contributed by atoms with Crippen LogP contribution in [0.3, 0.4) is 0 Å². The molecule has 2 rings (SSSR count). The summed E-state index contributed by atoms with van der Waals surface area (Å²) in [4.78, 5) is 4.54. The first kappa shape index (κ1) is 17.4. The third-order valence-corrected chi connectivity index (χ3v) is 4.08. The Balaban J connectivity index is 2.57. The van der Waals surface area contributed by atoms with Gasteiger partial charge in [0.25, 0.3) is 0 Å². The van der Waals surface area contributed by atoms with Crippen molar-refractivity contribution in [2.45, 2.75) is 19.9 Å². The first-order valence-corrected chi connectivity index (χ1v) is 9.09. The van der Waals surface area contributed by atoms with Crippen LogP contribution in [0, 0.1) is 5.92 Å². The monoisotopic (exact) mass is 342 g/mol. The molecule has 1 atom stereocenters. The van der Waals surface area contributed by atoms with Crippen LogP contribution in [-0.2, 0) is 14.8 Å². The molecule has 8 heteroatoms. The molecule has 0 saturated carbocycles. The van der Waals surface area contributed by atoms with E-state index in [1.165, 1.54) is 14.2 Å². The van der Waals surface area contributed by atoms with Crippen molar-refractivity contribution in [2.24, 2.45) is 10.9 Å². The number of nitrogens with one attached hydrogen (secondary N) is 1. The van der Waals surface area contributed by atoms with Gasteiger partial charge in [-0.1, -0.05) is 13.8 Å². The molecular formula is C15H22N2O5S. The van der Waals surface area contributed by atoms with Crippen molar-refractivity contribution in [1.82, 2.24) is 0 Å². The van der Waals surface area contributed by atoms with Crippen LogP contribution in [0.4, 0.5) is 5.69 Å². The summed E-state index contributed by atoms with van der Waals surface area (Å²) in [5, 5.41) is 0. The lowest BCUT2D eigenvalue weighted by Gasteiger charge is -2.17. The van der Waals surface area contributed by atoms with Crippen LogP contribution in [0.1, 0.15) is 19.4 Å². The van der Waals surface area contributed by atoms with Gasteiger partial charge in [0, 0.05) is 0 Å². The first-order valence-electron chi connectivity index (χ1n) is 7.20. The zero-order valence-electron chi connectivity index (χ0n) is 13.9. The summed E-state index contributed by atoms with van der Waals surface area (Å²) in [5.41, 5.74) is 0.786. The minimum atomic E-state index is -3.51. The number of aliphatic imine (C=N–C) groups is 1. The smallest absolute Gasteiger partial charge is 0.229 e. The second kappa shape index (κ2) is 6.66. The molecule has 0 saturated heterocycles. The fourth-order valence-corrected chi connectivity index (χ4v) is 2.84. The lowest BCUT2D eigenvalue weighted by molar-refractivity contribution is 0.291. The molecule has 1 aromatic rings. The highest BCUT2D eigenvalue weighted by Crippen LogP contribution is 2.39. The average molecular weight is 342 g/mol. The van der Waals surface area contributed by atoms with Crippen molar-refractivity contribution >= 4 is 21.6 Å². The Hall–Kier alpha value is -1.96. The zero-order valence-corrected chi connectivity index (χ0v) is 14.7. The van der Waals surface area contributed by atoms with Crippen LogP contribution in [0.5, 0.6) is 11.5 Å². The Labute approximate surface area is 136 Å². The minimum absolute atomic E-state index is 0.0455. The van der Waals surface area contributed by atoms with Gasteiger partial charge in [-0.25, -0.2) is 13.4 Å². The van der Waals surface area contributed by atoms with E-state index in [2.05, 4.69) is 23.6 Å². The van der Waals surface area contributed by atoms with Gasteiger partial charge in [-0.3, -0.25) is 4.72 Å². The number of methoxy groups -OCH3 is 2. The molecule has 23 heavy (non-hydrogen) atoms. The van der Waals surface area contributed by atoms with Crippen molar-refractivity contribution in [1.29, 1.82) is 0 Å². The van der Waals surface area contributed by atoms with Gasteiger partial charge in [0.2, 0.25) is 15.9 Å². The standard InChI is InChI=1S/C15H22N2O5S/c1-9(2)11-8-22-15(16-11)10-6-7-12(20-3)14(21-4)13(10)17-23(5,18)19/h6-7,9,11,17H,8H2,1-5H3/t11-/m0/s1. The molecule has 0 spiro atoms.